The molecule has 176 valence electrons. The summed E-state index contributed by atoms with van der Waals surface area (Å²) in [7, 11) is 0. The molecule has 0 saturated carbocycles. The maximum Gasteiger partial charge on any atom is 0.271 e. The number of carbonyl (C=O) groups excluding carboxylic acids is 2. The molecule has 0 fully saturated rings. The van der Waals surface area contributed by atoms with E-state index in [1.807, 2.05) is 49.4 Å². The lowest BCUT2D eigenvalue weighted by atomic mass is 9.87. The van der Waals surface area contributed by atoms with Gasteiger partial charge in [0.2, 0.25) is 0 Å². The average Bonchev–Trinajstić information content (AvgIpc) is 2.83. The van der Waals surface area contributed by atoms with E-state index in [-0.39, 0.29) is 29.9 Å². The molecule has 0 radical (unpaired) electrons. The topological polar surface area (TPSA) is 79.8 Å². The van der Waals surface area contributed by atoms with E-state index >= 15 is 0 Å². The summed E-state index contributed by atoms with van der Waals surface area (Å²) < 4.78 is 5.57. The van der Waals surface area contributed by atoms with Crippen LogP contribution < -0.4 is 15.5 Å². The Bertz CT molecular complexity index is 1120. The Morgan fingerprint density at radius 1 is 0.941 bits per heavy atom. The molecule has 1 atom stereocenters. The van der Waals surface area contributed by atoms with Crippen LogP contribution in [0.15, 0.2) is 84.0 Å². The van der Waals surface area contributed by atoms with Gasteiger partial charge in [0.15, 0.2) is 6.61 Å². The lowest BCUT2D eigenvalue weighted by Crippen LogP contribution is -2.31. The summed E-state index contributed by atoms with van der Waals surface area (Å²) in [5.74, 6) is 0.107. The fraction of sp³-hybridized carbons (Fsp3) is 0.250. The molecule has 0 heterocycles. The first-order valence-electron chi connectivity index (χ1n) is 11.2. The zero-order valence-electron chi connectivity index (χ0n) is 20.0. The highest BCUT2D eigenvalue weighted by atomic mass is 16.5. The van der Waals surface area contributed by atoms with Crippen molar-refractivity contribution in [2.45, 2.75) is 39.2 Å². The molecule has 3 aromatic rings. The van der Waals surface area contributed by atoms with Gasteiger partial charge in [0, 0.05) is 5.56 Å². The van der Waals surface area contributed by atoms with Gasteiger partial charge >= 0.3 is 0 Å². The molecule has 3 rings (SSSR count). The van der Waals surface area contributed by atoms with Gasteiger partial charge in [-0.05, 0) is 65.4 Å². The predicted octanol–water partition coefficient (Wildman–Crippen LogP) is 5.00. The molecule has 2 amide bonds. The Kier molecular flexibility index (Phi) is 8.19. The molecule has 0 aliphatic heterocycles. The molecule has 0 aliphatic carbocycles. The van der Waals surface area contributed by atoms with Crippen LogP contribution in [-0.2, 0) is 10.2 Å². The second kappa shape index (κ2) is 11.3. The number of ether oxygens (including phenoxy) is 1. The third-order valence-corrected chi connectivity index (χ3v) is 5.32. The van der Waals surface area contributed by atoms with E-state index in [1.165, 1.54) is 0 Å². The van der Waals surface area contributed by atoms with Crippen molar-refractivity contribution in [1.82, 2.24) is 10.7 Å². The van der Waals surface area contributed by atoms with Crippen LogP contribution in [0, 0.1) is 0 Å². The Morgan fingerprint density at radius 2 is 1.59 bits per heavy atom. The molecule has 0 aliphatic rings. The first-order chi connectivity index (χ1) is 16.2. The van der Waals surface area contributed by atoms with Crippen LogP contribution in [0.25, 0.3) is 0 Å². The summed E-state index contributed by atoms with van der Waals surface area (Å²) in [4.78, 5) is 24.4. The zero-order chi connectivity index (χ0) is 24.6. The monoisotopic (exact) mass is 457 g/mol. The second-order valence-electron chi connectivity index (χ2n) is 9.08. The molecule has 0 spiro atoms. The van der Waals surface area contributed by atoms with Crippen molar-refractivity contribution in [3.8, 4) is 5.75 Å². The van der Waals surface area contributed by atoms with E-state index in [1.54, 1.807) is 42.6 Å². The van der Waals surface area contributed by atoms with Gasteiger partial charge in [0.05, 0.1) is 12.3 Å². The summed E-state index contributed by atoms with van der Waals surface area (Å²) in [6.07, 6.45) is 1.56. The van der Waals surface area contributed by atoms with Crippen LogP contribution in [0.1, 0.15) is 60.8 Å². The maximum atomic E-state index is 12.3. The van der Waals surface area contributed by atoms with Crippen LogP contribution in [0.3, 0.4) is 0 Å². The van der Waals surface area contributed by atoms with Gasteiger partial charge in [0.1, 0.15) is 5.75 Å². The Morgan fingerprint density at radius 3 is 2.21 bits per heavy atom. The fourth-order valence-corrected chi connectivity index (χ4v) is 3.26. The number of benzene rings is 3. The van der Waals surface area contributed by atoms with Gasteiger partial charge in [0.25, 0.3) is 11.8 Å². The zero-order valence-corrected chi connectivity index (χ0v) is 20.0. The number of hydrogen-bond acceptors (Lipinski definition) is 4. The Hall–Kier alpha value is -3.93. The van der Waals surface area contributed by atoms with Gasteiger partial charge in [-0.25, -0.2) is 5.43 Å². The second-order valence-corrected chi connectivity index (χ2v) is 9.08. The first kappa shape index (κ1) is 24.7. The molecule has 3 aromatic carbocycles. The quantitative estimate of drug-likeness (QED) is 0.369. The molecule has 6 heteroatoms. The number of hydrogen-bond donors (Lipinski definition) is 2. The first-order valence-corrected chi connectivity index (χ1v) is 11.2. The number of carbonyl (C=O) groups is 2. The SMILES string of the molecule is C[C@@H](NC(=O)COc1ccc(/C=N\NC(=O)c2ccc(C(C)(C)C)cc2)cc1)c1ccccc1. The summed E-state index contributed by atoms with van der Waals surface area (Å²) in [5, 5.41) is 6.94. The predicted molar refractivity (Wildman–Crippen MR) is 135 cm³/mol. The van der Waals surface area contributed by atoms with Crippen molar-refractivity contribution in [2.24, 2.45) is 5.10 Å². The largest absolute Gasteiger partial charge is 0.484 e. The average molecular weight is 458 g/mol. The molecule has 0 aromatic heterocycles. The third-order valence-electron chi connectivity index (χ3n) is 5.32. The Balaban J connectivity index is 1.45. The molecule has 2 N–H and O–H groups in total. The number of nitrogens with zero attached hydrogens (tertiary/aromatic N) is 1. The van der Waals surface area contributed by atoms with E-state index in [2.05, 4.69) is 36.6 Å². The third kappa shape index (κ3) is 7.30. The summed E-state index contributed by atoms with van der Waals surface area (Å²) in [6.45, 7) is 8.24. The van der Waals surface area contributed by atoms with Crippen LogP contribution in [0.2, 0.25) is 0 Å². The van der Waals surface area contributed by atoms with Gasteiger partial charge in [-0.15, -0.1) is 0 Å². The van der Waals surface area contributed by atoms with Gasteiger partial charge in [-0.2, -0.15) is 5.10 Å². The summed E-state index contributed by atoms with van der Waals surface area (Å²) >= 11 is 0. The van der Waals surface area contributed by atoms with Crippen LogP contribution >= 0.6 is 0 Å². The number of hydrazone groups is 1. The van der Waals surface area contributed by atoms with Gasteiger partial charge in [-0.1, -0.05) is 63.2 Å². The number of nitrogens with one attached hydrogen (secondary N) is 2. The highest BCUT2D eigenvalue weighted by molar-refractivity contribution is 5.94. The number of amides is 2. The van der Waals surface area contributed by atoms with Crippen molar-refractivity contribution in [3.63, 3.8) is 0 Å². The molecular formula is C28H31N3O3. The van der Waals surface area contributed by atoms with E-state index in [0.29, 0.717) is 11.3 Å². The minimum Gasteiger partial charge on any atom is -0.484 e. The molecule has 6 nitrogen and oxygen atoms in total. The minimum atomic E-state index is -0.271. The fourth-order valence-electron chi connectivity index (χ4n) is 3.26. The van der Waals surface area contributed by atoms with Crippen molar-refractivity contribution in [3.05, 3.63) is 101 Å². The molecule has 0 bridgehead atoms. The van der Waals surface area contributed by atoms with Crippen molar-refractivity contribution < 1.29 is 14.3 Å². The summed E-state index contributed by atoms with van der Waals surface area (Å²) in [5.41, 5.74) is 6.11. The van der Waals surface area contributed by atoms with E-state index in [9.17, 15) is 9.59 Å². The van der Waals surface area contributed by atoms with Crippen LogP contribution in [0.5, 0.6) is 5.75 Å². The molecule has 0 unspecified atom stereocenters. The van der Waals surface area contributed by atoms with E-state index in [4.69, 9.17) is 4.74 Å². The van der Waals surface area contributed by atoms with E-state index in [0.717, 1.165) is 16.7 Å². The molecule has 34 heavy (non-hydrogen) atoms. The standard InChI is InChI=1S/C28H31N3O3/c1-20(22-8-6-5-7-9-22)30-26(32)19-34-25-16-10-21(11-17-25)18-29-31-27(33)23-12-14-24(15-13-23)28(2,3)4/h5-18,20H,19H2,1-4H3,(H,30,32)(H,31,33)/b29-18-/t20-/m1/s1. The lowest BCUT2D eigenvalue weighted by Gasteiger charge is -2.18. The van der Waals surface area contributed by atoms with Crippen molar-refractivity contribution in [1.29, 1.82) is 0 Å². The minimum absolute atomic E-state index is 0.0351. The Labute approximate surface area is 201 Å². The van der Waals surface area contributed by atoms with Gasteiger partial charge < -0.3 is 10.1 Å². The van der Waals surface area contributed by atoms with Crippen molar-refractivity contribution in [2.75, 3.05) is 6.61 Å². The summed E-state index contributed by atoms with van der Waals surface area (Å²) in [6, 6.07) is 24.3. The maximum absolute atomic E-state index is 12.3. The number of rotatable bonds is 8. The highest BCUT2D eigenvalue weighted by Crippen LogP contribution is 2.22. The lowest BCUT2D eigenvalue weighted by molar-refractivity contribution is -0.123. The van der Waals surface area contributed by atoms with Crippen LogP contribution in [-0.4, -0.2) is 24.6 Å². The van der Waals surface area contributed by atoms with Crippen molar-refractivity contribution >= 4 is 18.0 Å². The smallest absolute Gasteiger partial charge is 0.271 e. The van der Waals surface area contributed by atoms with Gasteiger partial charge in [-0.3, -0.25) is 9.59 Å². The van der Waals surface area contributed by atoms with E-state index < -0.39 is 0 Å². The molecular weight excluding hydrogens is 426 g/mol. The highest BCUT2D eigenvalue weighted by Gasteiger charge is 2.14. The molecule has 0 saturated heterocycles. The normalized spacial score (nSPS) is 12.2. The van der Waals surface area contributed by atoms with Crippen LogP contribution in [0.4, 0.5) is 0 Å².